The Labute approximate surface area is 96.2 Å². The van der Waals surface area contributed by atoms with Gasteiger partial charge in [-0.15, -0.1) is 0 Å². The molecule has 1 aromatic carbocycles. The lowest BCUT2D eigenvalue weighted by molar-refractivity contribution is -0.123. The minimum absolute atomic E-state index is 0.157. The molecule has 3 N–H and O–H groups in total. The molecule has 2 heterocycles. The summed E-state index contributed by atoms with van der Waals surface area (Å²) in [4.78, 5) is 11.6. The number of ketones is 1. The zero-order valence-corrected chi connectivity index (χ0v) is 8.67. The van der Waals surface area contributed by atoms with E-state index in [9.17, 15) is 9.90 Å². The van der Waals surface area contributed by atoms with Gasteiger partial charge >= 0.3 is 0 Å². The van der Waals surface area contributed by atoms with Crippen LogP contribution in [-0.2, 0) is 9.53 Å². The monoisotopic (exact) mass is 235 g/mol. The average molecular weight is 235 g/mol. The second-order valence-electron chi connectivity index (χ2n) is 3.69. The van der Waals surface area contributed by atoms with E-state index >= 15 is 0 Å². The molecule has 0 unspecified atom stereocenters. The third kappa shape index (κ3) is 1.37. The minimum Gasteiger partial charge on any atom is -0.501 e. The molecule has 2 aliphatic rings. The molecule has 0 saturated heterocycles. The van der Waals surface area contributed by atoms with Gasteiger partial charge in [-0.25, -0.2) is 0 Å². The van der Waals surface area contributed by atoms with Crippen LogP contribution in [0, 0.1) is 0 Å². The van der Waals surface area contributed by atoms with E-state index in [0.717, 1.165) is 0 Å². The van der Waals surface area contributed by atoms with E-state index in [2.05, 4.69) is 0 Å². The van der Waals surface area contributed by atoms with E-state index < -0.39 is 17.6 Å². The maximum Gasteiger partial charge on any atom is 0.247 e. The molecule has 17 heavy (non-hydrogen) atoms. The van der Waals surface area contributed by atoms with E-state index in [1.807, 2.05) is 0 Å². The van der Waals surface area contributed by atoms with Crippen LogP contribution in [-0.4, -0.2) is 17.7 Å². The van der Waals surface area contributed by atoms with Crippen molar-refractivity contribution in [2.24, 2.45) is 5.73 Å². The predicted molar refractivity (Wildman–Crippen MR) is 55.2 cm³/mol. The van der Waals surface area contributed by atoms with Crippen LogP contribution in [0.4, 0.5) is 0 Å². The summed E-state index contributed by atoms with van der Waals surface area (Å²) in [5, 5.41) is 9.32. The van der Waals surface area contributed by atoms with Crippen molar-refractivity contribution >= 4 is 5.78 Å². The summed E-state index contributed by atoms with van der Waals surface area (Å²) in [5.41, 5.74) is 5.90. The minimum atomic E-state index is -0.913. The molecule has 0 radical (unpaired) electrons. The number of rotatable bonds is 1. The van der Waals surface area contributed by atoms with Crippen molar-refractivity contribution < 1.29 is 24.1 Å². The Balaban J connectivity index is 1.94. The van der Waals surface area contributed by atoms with Crippen molar-refractivity contribution in [3.05, 3.63) is 35.4 Å². The van der Waals surface area contributed by atoms with Crippen molar-refractivity contribution in [1.82, 2.24) is 0 Å². The molecule has 0 bridgehead atoms. The van der Waals surface area contributed by atoms with E-state index in [-0.39, 0.29) is 12.7 Å². The number of hydrogen-bond donors (Lipinski definition) is 2. The third-order valence-corrected chi connectivity index (χ3v) is 2.65. The van der Waals surface area contributed by atoms with Crippen LogP contribution in [0.3, 0.4) is 0 Å². The fourth-order valence-electron chi connectivity index (χ4n) is 1.78. The van der Waals surface area contributed by atoms with Gasteiger partial charge < -0.3 is 25.1 Å². The van der Waals surface area contributed by atoms with Crippen molar-refractivity contribution in [1.29, 1.82) is 0 Å². The number of carbonyl (C=O) groups is 1. The van der Waals surface area contributed by atoms with E-state index in [1.54, 1.807) is 18.2 Å². The Kier molecular flexibility index (Phi) is 1.91. The van der Waals surface area contributed by atoms with Crippen LogP contribution in [0.2, 0.25) is 0 Å². The van der Waals surface area contributed by atoms with Crippen molar-refractivity contribution in [2.75, 3.05) is 6.79 Å². The quantitative estimate of drug-likeness (QED) is 0.746. The van der Waals surface area contributed by atoms with Gasteiger partial charge in [-0.3, -0.25) is 4.79 Å². The highest BCUT2D eigenvalue weighted by molar-refractivity contribution is 5.99. The molecule has 2 aliphatic heterocycles. The van der Waals surface area contributed by atoms with Crippen molar-refractivity contribution in [3.8, 4) is 11.5 Å². The first-order valence-electron chi connectivity index (χ1n) is 4.96. The van der Waals surface area contributed by atoms with Gasteiger partial charge in [-0.2, -0.15) is 0 Å². The molecule has 0 saturated carbocycles. The first kappa shape index (κ1) is 9.83. The molecule has 0 amide bonds. The topological polar surface area (TPSA) is 91.0 Å². The third-order valence-electron chi connectivity index (χ3n) is 2.65. The number of nitrogens with two attached hydrogens (primary N) is 1. The molecule has 3 rings (SSSR count). The van der Waals surface area contributed by atoms with Gasteiger partial charge in [0.15, 0.2) is 17.6 Å². The van der Waals surface area contributed by atoms with Gasteiger partial charge in [-0.05, 0) is 12.1 Å². The van der Waals surface area contributed by atoms with Gasteiger partial charge in [0.25, 0.3) is 0 Å². The first-order chi connectivity index (χ1) is 8.16. The van der Waals surface area contributed by atoms with Gasteiger partial charge in [0.05, 0.1) is 0 Å². The zero-order valence-electron chi connectivity index (χ0n) is 8.67. The highest BCUT2D eigenvalue weighted by Gasteiger charge is 2.36. The Morgan fingerprint density at radius 1 is 1.29 bits per heavy atom. The molecule has 6 nitrogen and oxygen atoms in total. The van der Waals surface area contributed by atoms with Crippen LogP contribution in [0.25, 0.3) is 0 Å². The number of ether oxygens (including phenoxy) is 3. The van der Waals surface area contributed by atoms with Crippen LogP contribution in [0.5, 0.6) is 11.5 Å². The number of aliphatic hydroxyl groups excluding tert-OH is 1. The summed E-state index contributed by atoms with van der Waals surface area (Å²) >= 11 is 0. The molecule has 6 heteroatoms. The average Bonchev–Trinajstić information content (AvgIpc) is 2.89. The van der Waals surface area contributed by atoms with Crippen LogP contribution in [0.1, 0.15) is 11.7 Å². The summed E-state index contributed by atoms with van der Waals surface area (Å²) in [6.07, 6.45) is -0.913. The van der Waals surface area contributed by atoms with E-state index in [1.165, 1.54) is 0 Å². The predicted octanol–water partition coefficient (Wildman–Crippen LogP) is 0.742. The second-order valence-corrected chi connectivity index (χ2v) is 3.69. The molecule has 88 valence electrons. The summed E-state index contributed by atoms with van der Waals surface area (Å²) in [7, 11) is 0. The van der Waals surface area contributed by atoms with Crippen LogP contribution < -0.4 is 15.2 Å². The number of fused-ring (bicyclic) bond motifs is 1. The van der Waals surface area contributed by atoms with Crippen LogP contribution in [0.15, 0.2) is 29.8 Å². The first-order valence-corrected chi connectivity index (χ1v) is 4.96. The SMILES string of the molecule is NC1=C(O)C(=O)[C@@H](c2ccc3c(c2)OCO3)O1. The Morgan fingerprint density at radius 3 is 2.76 bits per heavy atom. The normalized spacial score (nSPS) is 21.9. The summed E-state index contributed by atoms with van der Waals surface area (Å²) in [6, 6.07) is 4.98. The summed E-state index contributed by atoms with van der Waals surface area (Å²) in [5.74, 6) is -0.181. The fraction of sp³-hybridized carbons (Fsp3) is 0.182. The highest BCUT2D eigenvalue weighted by atomic mass is 16.7. The van der Waals surface area contributed by atoms with Gasteiger partial charge in [0.1, 0.15) is 0 Å². The molecule has 0 aliphatic carbocycles. The molecule has 1 atom stereocenters. The van der Waals surface area contributed by atoms with Crippen LogP contribution >= 0.6 is 0 Å². The maximum atomic E-state index is 11.6. The van der Waals surface area contributed by atoms with Gasteiger partial charge in [0, 0.05) is 5.56 Å². The number of aliphatic hydroxyl groups is 1. The fourth-order valence-corrected chi connectivity index (χ4v) is 1.78. The number of benzene rings is 1. The molecule has 1 aromatic rings. The Bertz CT molecular complexity index is 537. The highest BCUT2D eigenvalue weighted by Crippen LogP contribution is 2.37. The van der Waals surface area contributed by atoms with Crippen molar-refractivity contribution in [3.63, 3.8) is 0 Å². The van der Waals surface area contributed by atoms with Gasteiger partial charge in [0.2, 0.25) is 24.2 Å². The lowest BCUT2D eigenvalue weighted by atomic mass is 10.1. The summed E-state index contributed by atoms with van der Waals surface area (Å²) in [6.45, 7) is 0.157. The molecule has 0 spiro atoms. The van der Waals surface area contributed by atoms with E-state index in [0.29, 0.717) is 17.1 Å². The lowest BCUT2D eigenvalue weighted by Gasteiger charge is -2.10. The zero-order chi connectivity index (χ0) is 12.0. The molecular formula is C11H9NO5. The van der Waals surface area contributed by atoms with Gasteiger partial charge in [-0.1, -0.05) is 6.07 Å². The Morgan fingerprint density at radius 2 is 2.06 bits per heavy atom. The second kappa shape index (κ2) is 3.31. The molecule has 0 aromatic heterocycles. The number of Topliss-reactive ketones (excluding diaryl/α,β-unsaturated/α-hetero) is 1. The van der Waals surface area contributed by atoms with Crippen molar-refractivity contribution in [2.45, 2.75) is 6.10 Å². The smallest absolute Gasteiger partial charge is 0.247 e. The van der Waals surface area contributed by atoms with E-state index in [4.69, 9.17) is 19.9 Å². The summed E-state index contributed by atoms with van der Waals surface area (Å²) < 4.78 is 15.4. The standard InChI is InChI=1S/C11H9NO5/c12-11-9(14)8(13)10(17-11)5-1-2-6-7(3-5)16-4-15-6/h1-3,10,14H,4,12H2/t10-/m1/s1. The number of hydrogen-bond acceptors (Lipinski definition) is 6. The number of carbonyl (C=O) groups excluding carboxylic acids is 1. The largest absolute Gasteiger partial charge is 0.501 e. The Hall–Kier alpha value is -2.37. The lowest BCUT2D eigenvalue weighted by Crippen LogP contribution is -2.09. The molecule has 0 fully saturated rings. The molecular weight excluding hydrogens is 226 g/mol. The maximum absolute atomic E-state index is 11.6.